The van der Waals surface area contributed by atoms with Gasteiger partial charge in [0.25, 0.3) is 7.37 Å². The van der Waals surface area contributed by atoms with Gasteiger partial charge in [0.05, 0.1) is 15.9 Å². The molecule has 7 aromatic carbocycles. The number of phenolic OH excluding ortho intramolecular Hbond substituents is 3. The molecular formula is C44H34O7P2. The van der Waals surface area contributed by atoms with Gasteiger partial charge in [0.15, 0.2) is 0 Å². The van der Waals surface area contributed by atoms with Crippen LogP contribution in [-0.2, 0) is 9.13 Å². The summed E-state index contributed by atoms with van der Waals surface area (Å²) in [6.07, 6.45) is 0. The molecule has 0 saturated heterocycles. The fourth-order valence-corrected chi connectivity index (χ4v) is 12.3. The molecule has 2 aliphatic heterocycles. The molecule has 7 aromatic rings. The van der Waals surface area contributed by atoms with Gasteiger partial charge in [-0.15, -0.1) is 0 Å². The van der Waals surface area contributed by atoms with E-state index in [0.29, 0.717) is 27.4 Å². The molecule has 2 atom stereocenters. The Morgan fingerprint density at radius 2 is 0.925 bits per heavy atom. The standard InChI is InChI=1S/C25H19O4P.C19H15O3P/c26-19-13-9-17(10-14-19)25(18-11-15-20(27)16-12-18)30(28)24-8-4-2-6-22(24)21-5-1-3-7-23(21)29-30;1-13-10-11-16(20)19(12-13)23(21)18-9-5-3-7-15(18)14-6-2-4-8-17(14)22-23/h1-16,25-27H;2-12,20H,1H3. The Morgan fingerprint density at radius 3 is 1.49 bits per heavy atom. The molecule has 53 heavy (non-hydrogen) atoms. The second-order valence-corrected chi connectivity index (χ2v) is 17.6. The van der Waals surface area contributed by atoms with Gasteiger partial charge in [-0.05, 0) is 95.4 Å². The average Bonchev–Trinajstić information content (AvgIpc) is 3.18. The minimum Gasteiger partial charge on any atom is -0.508 e. The van der Waals surface area contributed by atoms with E-state index in [1.807, 2.05) is 104 Å². The molecular weight excluding hydrogens is 702 g/mol. The van der Waals surface area contributed by atoms with Gasteiger partial charge in [0.1, 0.15) is 34.4 Å². The van der Waals surface area contributed by atoms with Crippen LogP contribution in [-0.4, -0.2) is 15.3 Å². The zero-order chi connectivity index (χ0) is 36.7. The van der Waals surface area contributed by atoms with Gasteiger partial charge in [-0.3, -0.25) is 9.13 Å². The predicted molar refractivity (Wildman–Crippen MR) is 210 cm³/mol. The number of aryl methyl sites for hydroxylation is 1. The van der Waals surface area contributed by atoms with Crippen LogP contribution in [0, 0.1) is 6.92 Å². The van der Waals surface area contributed by atoms with Gasteiger partial charge in [-0.2, -0.15) is 0 Å². The third-order valence-electron chi connectivity index (χ3n) is 9.48. The van der Waals surface area contributed by atoms with E-state index < -0.39 is 20.4 Å². The van der Waals surface area contributed by atoms with E-state index in [4.69, 9.17) is 9.05 Å². The summed E-state index contributed by atoms with van der Waals surface area (Å²) < 4.78 is 40.8. The Kier molecular flexibility index (Phi) is 8.70. The van der Waals surface area contributed by atoms with E-state index in [1.165, 1.54) is 0 Å². The lowest BCUT2D eigenvalue weighted by atomic mass is 10.0. The van der Waals surface area contributed by atoms with Gasteiger partial charge in [0, 0.05) is 11.1 Å². The van der Waals surface area contributed by atoms with Crippen LogP contribution in [0.1, 0.15) is 22.3 Å². The number of aromatic hydroxyl groups is 3. The van der Waals surface area contributed by atoms with E-state index in [-0.39, 0.29) is 17.2 Å². The van der Waals surface area contributed by atoms with Crippen LogP contribution in [0.2, 0.25) is 0 Å². The third kappa shape index (κ3) is 6.08. The number of fused-ring (bicyclic) bond motifs is 6. The van der Waals surface area contributed by atoms with Crippen molar-refractivity contribution in [1.29, 1.82) is 0 Å². The monoisotopic (exact) mass is 736 g/mol. The second-order valence-electron chi connectivity index (χ2n) is 12.9. The maximum Gasteiger partial charge on any atom is 0.311 e. The predicted octanol–water partition coefficient (Wildman–Crippen LogP) is 9.84. The van der Waals surface area contributed by atoms with Crippen LogP contribution in [0.4, 0.5) is 0 Å². The van der Waals surface area contributed by atoms with Crippen LogP contribution in [0.3, 0.4) is 0 Å². The van der Waals surface area contributed by atoms with E-state index in [0.717, 1.165) is 38.9 Å². The molecule has 0 fully saturated rings. The highest BCUT2D eigenvalue weighted by Gasteiger charge is 2.45. The summed E-state index contributed by atoms with van der Waals surface area (Å²) in [6, 6.07) is 48.8. The normalized spacial score (nSPS) is 17.8. The van der Waals surface area contributed by atoms with Crippen molar-refractivity contribution in [3.8, 4) is 51.0 Å². The summed E-state index contributed by atoms with van der Waals surface area (Å²) in [6.45, 7) is 1.90. The van der Waals surface area contributed by atoms with E-state index in [1.54, 1.807) is 66.7 Å². The Balaban J connectivity index is 0.000000156. The lowest BCUT2D eigenvalue weighted by molar-refractivity contribution is 0.472. The van der Waals surface area contributed by atoms with Crippen LogP contribution >= 0.6 is 14.7 Å². The van der Waals surface area contributed by atoms with E-state index >= 15 is 0 Å². The van der Waals surface area contributed by atoms with Crippen LogP contribution in [0.5, 0.6) is 28.7 Å². The maximum atomic E-state index is 14.7. The second kappa shape index (κ2) is 13.5. The van der Waals surface area contributed by atoms with Gasteiger partial charge in [-0.1, -0.05) is 103 Å². The summed E-state index contributed by atoms with van der Waals surface area (Å²) in [4.78, 5) is 0. The molecule has 9 rings (SSSR count). The quantitative estimate of drug-likeness (QED) is 0.154. The number of hydrogen-bond acceptors (Lipinski definition) is 7. The summed E-state index contributed by atoms with van der Waals surface area (Å²) in [7, 11) is -6.89. The number of rotatable bonds is 4. The molecule has 2 aliphatic rings. The summed E-state index contributed by atoms with van der Waals surface area (Å²) in [5.74, 6) is 1.43. The molecule has 0 radical (unpaired) electrons. The summed E-state index contributed by atoms with van der Waals surface area (Å²) >= 11 is 0. The first kappa shape index (κ1) is 34.1. The Labute approximate surface area is 307 Å². The number of hydrogen-bond donors (Lipinski definition) is 3. The lowest BCUT2D eigenvalue weighted by Gasteiger charge is -2.34. The maximum absolute atomic E-state index is 14.7. The van der Waals surface area contributed by atoms with Gasteiger partial charge in [-0.25, -0.2) is 0 Å². The third-order valence-corrected chi connectivity index (χ3v) is 14.8. The summed E-state index contributed by atoms with van der Waals surface area (Å²) in [5.41, 5.74) is 5.45. The first-order valence-corrected chi connectivity index (χ1v) is 20.3. The molecule has 0 amide bonds. The average molecular weight is 737 g/mol. The molecule has 0 saturated carbocycles. The fourth-order valence-electron chi connectivity index (χ4n) is 6.99. The molecule has 3 N–H and O–H groups in total. The Bertz CT molecular complexity index is 2540. The smallest absolute Gasteiger partial charge is 0.311 e. The number of phenols is 3. The van der Waals surface area contributed by atoms with Crippen molar-refractivity contribution in [1.82, 2.24) is 0 Å². The largest absolute Gasteiger partial charge is 0.508 e. The van der Waals surface area contributed by atoms with Crippen molar-refractivity contribution < 1.29 is 33.5 Å². The first-order valence-electron chi connectivity index (χ1n) is 17.0. The minimum absolute atomic E-state index is 0.00637. The zero-order valence-electron chi connectivity index (χ0n) is 28.5. The fraction of sp³-hybridized carbons (Fsp3) is 0.0455. The molecule has 2 unspecified atom stereocenters. The topological polar surface area (TPSA) is 113 Å². The highest BCUT2D eigenvalue weighted by atomic mass is 31.2. The molecule has 0 aliphatic carbocycles. The molecule has 2 heterocycles. The van der Waals surface area contributed by atoms with E-state index in [2.05, 4.69) is 0 Å². The van der Waals surface area contributed by atoms with Crippen LogP contribution < -0.4 is 25.0 Å². The minimum atomic E-state index is -3.48. The van der Waals surface area contributed by atoms with Gasteiger partial charge >= 0.3 is 7.37 Å². The SMILES string of the molecule is Cc1ccc(O)c(P2(=O)Oc3ccccc3-c3ccccc32)c1.O=P1(C(c2ccc(O)cc2)c2ccc(O)cc2)Oc2ccccc2-c2ccccc21. The number of para-hydroxylation sites is 2. The van der Waals surface area contributed by atoms with Gasteiger partial charge < -0.3 is 24.4 Å². The number of benzene rings is 7. The van der Waals surface area contributed by atoms with E-state index in [9.17, 15) is 24.4 Å². The molecule has 9 heteroatoms. The lowest BCUT2D eigenvalue weighted by Crippen LogP contribution is -2.25. The highest BCUT2D eigenvalue weighted by Crippen LogP contribution is 2.65. The van der Waals surface area contributed by atoms with Crippen molar-refractivity contribution in [3.63, 3.8) is 0 Å². The molecule has 262 valence electrons. The van der Waals surface area contributed by atoms with Gasteiger partial charge in [0.2, 0.25) is 0 Å². The highest BCUT2D eigenvalue weighted by molar-refractivity contribution is 7.75. The van der Waals surface area contributed by atoms with Crippen molar-refractivity contribution in [2.75, 3.05) is 0 Å². The zero-order valence-corrected chi connectivity index (χ0v) is 30.3. The van der Waals surface area contributed by atoms with Crippen molar-refractivity contribution >= 4 is 30.7 Å². The first-order chi connectivity index (χ1) is 25.7. The Morgan fingerprint density at radius 1 is 0.472 bits per heavy atom. The van der Waals surface area contributed by atoms with Crippen molar-refractivity contribution in [2.24, 2.45) is 0 Å². The summed E-state index contributed by atoms with van der Waals surface area (Å²) in [5, 5.41) is 31.5. The molecule has 7 nitrogen and oxygen atoms in total. The van der Waals surface area contributed by atoms with Crippen LogP contribution in [0.25, 0.3) is 22.3 Å². The van der Waals surface area contributed by atoms with Crippen molar-refractivity contribution in [2.45, 2.75) is 12.6 Å². The molecule has 0 spiro atoms. The van der Waals surface area contributed by atoms with Crippen molar-refractivity contribution in [3.05, 3.63) is 180 Å². The van der Waals surface area contributed by atoms with Crippen LogP contribution in [0.15, 0.2) is 164 Å². The molecule has 0 bridgehead atoms. The molecule has 0 aromatic heterocycles. The Hall–Kier alpha value is -6.00.